The molecule has 2 rings (SSSR count). The third kappa shape index (κ3) is 3.26. The quantitative estimate of drug-likeness (QED) is 0.923. The van der Waals surface area contributed by atoms with Gasteiger partial charge in [-0.1, -0.05) is 18.5 Å². The Morgan fingerprint density at radius 3 is 2.43 bits per heavy atom. The molecule has 0 amide bonds. The Kier molecular flexibility index (Phi) is 4.98. The van der Waals surface area contributed by atoms with Crippen LogP contribution in [0.3, 0.4) is 0 Å². The smallest absolute Gasteiger partial charge is 0.243 e. The Morgan fingerprint density at radius 2 is 1.95 bits per heavy atom. The van der Waals surface area contributed by atoms with Gasteiger partial charge in [0.2, 0.25) is 10.0 Å². The molecule has 0 spiro atoms. The fourth-order valence-corrected chi connectivity index (χ4v) is 4.74. The second-order valence-corrected chi connectivity index (χ2v) is 8.17. The van der Waals surface area contributed by atoms with Crippen LogP contribution in [0.5, 0.6) is 0 Å². The monoisotopic (exact) mass is 331 g/mol. The number of sulfonamides is 1. The van der Waals surface area contributed by atoms with Gasteiger partial charge in [0, 0.05) is 24.7 Å². The van der Waals surface area contributed by atoms with Crippen molar-refractivity contribution >= 4 is 21.6 Å². The molecule has 0 bridgehead atoms. The van der Waals surface area contributed by atoms with E-state index >= 15 is 0 Å². The standard InChI is InChI=1S/C15H22ClNO3S/c1-3-15(11-18)6-8-17(9-7-15)21(19,20)14-5-4-13(16)10-12(14)2/h4-5,10,18H,3,6-9,11H2,1-2H3. The molecule has 1 saturated heterocycles. The molecule has 1 N–H and O–H groups in total. The first kappa shape index (κ1) is 16.7. The zero-order chi connectivity index (χ0) is 15.7. The van der Waals surface area contributed by atoms with Crippen LogP contribution in [-0.4, -0.2) is 37.5 Å². The second kappa shape index (κ2) is 6.24. The molecule has 0 aromatic heterocycles. The molecule has 0 unspecified atom stereocenters. The highest BCUT2D eigenvalue weighted by Gasteiger charge is 2.37. The molecule has 0 saturated carbocycles. The predicted molar refractivity (Wildman–Crippen MR) is 84.0 cm³/mol. The minimum Gasteiger partial charge on any atom is -0.396 e. The summed E-state index contributed by atoms with van der Waals surface area (Å²) in [6, 6.07) is 4.85. The highest BCUT2D eigenvalue weighted by Crippen LogP contribution is 2.36. The van der Waals surface area contributed by atoms with E-state index in [2.05, 4.69) is 0 Å². The van der Waals surface area contributed by atoms with E-state index in [9.17, 15) is 13.5 Å². The van der Waals surface area contributed by atoms with Crippen molar-refractivity contribution in [1.29, 1.82) is 0 Å². The van der Waals surface area contributed by atoms with Crippen LogP contribution in [0.15, 0.2) is 23.1 Å². The summed E-state index contributed by atoms with van der Waals surface area (Å²) >= 11 is 5.89. The van der Waals surface area contributed by atoms with Crippen LogP contribution in [0.4, 0.5) is 0 Å². The van der Waals surface area contributed by atoms with Crippen molar-refractivity contribution in [3.05, 3.63) is 28.8 Å². The third-order valence-electron chi connectivity index (χ3n) is 4.62. The van der Waals surface area contributed by atoms with Crippen molar-refractivity contribution in [2.24, 2.45) is 5.41 Å². The molecule has 1 heterocycles. The van der Waals surface area contributed by atoms with Gasteiger partial charge >= 0.3 is 0 Å². The molecular weight excluding hydrogens is 310 g/mol. The van der Waals surface area contributed by atoms with Crippen molar-refractivity contribution in [2.45, 2.75) is 38.0 Å². The summed E-state index contributed by atoms with van der Waals surface area (Å²) in [5.74, 6) is 0. The van der Waals surface area contributed by atoms with Gasteiger partial charge in [0.25, 0.3) is 0 Å². The van der Waals surface area contributed by atoms with Gasteiger partial charge in [0.05, 0.1) is 4.90 Å². The Bertz CT molecular complexity index is 601. The summed E-state index contributed by atoms with van der Waals surface area (Å²) in [7, 11) is -3.48. The lowest BCUT2D eigenvalue weighted by molar-refractivity contribution is 0.0647. The maximum Gasteiger partial charge on any atom is 0.243 e. The molecule has 118 valence electrons. The summed E-state index contributed by atoms with van der Waals surface area (Å²) in [6.45, 7) is 4.84. The van der Waals surface area contributed by atoms with Crippen LogP contribution < -0.4 is 0 Å². The number of piperidine rings is 1. The van der Waals surface area contributed by atoms with E-state index in [1.54, 1.807) is 25.1 Å². The van der Waals surface area contributed by atoms with Crippen LogP contribution >= 0.6 is 11.6 Å². The highest BCUT2D eigenvalue weighted by atomic mass is 35.5. The van der Waals surface area contributed by atoms with E-state index < -0.39 is 10.0 Å². The van der Waals surface area contributed by atoms with Gasteiger partial charge in [0.1, 0.15) is 0 Å². The van der Waals surface area contributed by atoms with E-state index in [4.69, 9.17) is 11.6 Å². The summed E-state index contributed by atoms with van der Waals surface area (Å²) < 4.78 is 27.0. The van der Waals surface area contributed by atoms with E-state index in [1.165, 1.54) is 4.31 Å². The maximum absolute atomic E-state index is 12.7. The Morgan fingerprint density at radius 1 is 1.33 bits per heavy atom. The first-order chi connectivity index (χ1) is 9.84. The number of aliphatic hydroxyl groups excluding tert-OH is 1. The van der Waals surface area contributed by atoms with Gasteiger partial charge in [-0.25, -0.2) is 8.42 Å². The minimum absolute atomic E-state index is 0.122. The summed E-state index contributed by atoms with van der Waals surface area (Å²) in [5, 5.41) is 10.1. The molecule has 0 atom stereocenters. The van der Waals surface area contributed by atoms with E-state index in [-0.39, 0.29) is 12.0 Å². The van der Waals surface area contributed by atoms with Crippen LogP contribution in [0.25, 0.3) is 0 Å². The van der Waals surface area contributed by atoms with Gasteiger partial charge in [0.15, 0.2) is 0 Å². The van der Waals surface area contributed by atoms with E-state index in [0.717, 1.165) is 6.42 Å². The van der Waals surface area contributed by atoms with Gasteiger partial charge in [-0.15, -0.1) is 0 Å². The second-order valence-electron chi connectivity index (χ2n) is 5.83. The summed E-state index contributed by atoms with van der Waals surface area (Å²) in [5.41, 5.74) is 0.540. The lowest BCUT2D eigenvalue weighted by atomic mass is 9.77. The molecule has 0 radical (unpaired) electrons. The van der Waals surface area contributed by atoms with Gasteiger partial charge < -0.3 is 5.11 Å². The average molecular weight is 332 g/mol. The van der Waals surface area contributed by atoms with E-state index in [1.807, 2.05) is 6.92 Å². The van der Waals surface area contributed by atoms with Gasteiger partial charge in [-0.2, -0.15) is 4.31 Å². The molecule has 1 fully saturated rings. The number of hydrogen-bond acceptors (Lipinski definition) is 3. The zero-order valence-electron chi connectivity index (χ0n) is 12.5. The van der Waals surface area contributed by atoms with Crippen molar-refractivity contribution in [2.75, 3.05) is 19.7 Å². The number of aryl methyl sites for hydroxylation is 1. The third-order valence-corrected chi connectivity index (χ3v) is 6.92. The largest absolute Gasteiger partial charge is 0.396 e. The fourth-order valence-electron chi connectivity index (χ4n) is 2.87. The molecule has 1 aromatic carbocycles. The Hall–Kier alpha value is -0.620. The number of hydrogen-bond donors (Lipinski definition) is 1. The number of halogens is 1. The van der Waals surface area contributed by atoms with Crippen molar-refractivity contribution < 1.29 is 13.5 Å². The van der Waals surface area contributed by atoms with Crippen LogP contribution in [0.1, 0.15) is 31.7 Å². The van der Waals surface area contributed by atoms with Crippen molar-refractivity contribution in [3.8, 4) is 0 Å². The van der Waals surface area contributed by atoms with Gasteiger partial charge in [-0.3, -0.25) is 0 Å². The number of nitrogens with zero attached hydrogens (tertiary/aromatic N) is 1. The lowest BCUT2D eigenvalue weighted by Crippen LogP contribution is -2.44. The summed E-state index contributed by atoms with van der Waals surface area (Å²) in [6.07, 6.45) is 2.27. The van der Waals surface area contributed by atoms with Gasteiger partial charge in [-0.05, 0) is 55.4 Å². The number of rotatable bonds is 4. The van der Waals surface area contributed by atoms with Crippen LogP contribution in [0, 0.1) is 12.3 Å². The molecule has 0 aliphatic carbocycles. The van der Waals surface area contributed by atoms with Crippen molar-refractivity contribution in [3.63, 3.8) is 0 Å². The first-order valence-electron chi connectivity index (χ1n) is 7.22. The normalized spacial score (nSPS) is 19.6. The maximum atomic E-state index is 12.7. The topological polar surface area (TPSA) is 57.6 Å². The molecule has 1 aromatic rings. The van der Waals surface area contributed by atoms with E-state index in [0.29, 0.717) is 41.4 Å². The van der Waals surface area contributed by atoms with Crippen LogP contribution in [0.2, 0.25) is 5.02 Å². The Balaban J connectivity index is 2.22. The lowest BCUT2D eigenvalue weighted by Gasteiger charge is -2.39. The molecule has 1 aliphatic heterocycles. The highest BCUT2D eigenvalue weighted by molar-refractivity contribution is 7.89. The summed E-state index contributed by atoms with van der Waals surface area (Å²) in [4.78, 5) is 0.319. The molecular formula is C15H22ClNO3S. The van der Waals surface area contributed by atoms with Crippen LogP contribution in [-0.2, 0) is 10.0 Å². The molecule has 4 nitrogen and oxygen atoms in total. The molecule has 1 aliphatic rings. The molecule has 6 heteroatoms. The molecule has 21 heavy (non-hydrogen) atoms. The SMILES string of the molecule is CCC1(CO)CCN(S(=O)(=O)c2ccc(Cl)cc2C)CC1. The Labute approximate surface area is 131 Å². The first-order valence-corrected chi connectivity index (χ1v) is 9.04. The van der Waals surface area contributed by atoms with Crippen molar-refractivity contribution in [1.82, 2.24) is 4.31 Å². The average Bonchev–Trinajstić information content (AvgIpc) is 2.47. The minimum atomic E-state index is -3.48. The number of benzene rings is 1. The zero-order valence-corrected chi connectivity index (χ0v) is 14.0. The predicted octanol–water partition coefficient (Wildman–Crippen LogP) is 2.82. The number of aliphatic hydroxyl groups is 1. The fraction of sp³-hybridized carbons (Fsp3) is 0.600.